The number of fused-ring (bicyclic) bond motifs is 10. The first-order chi connectivity index (χ1) is 51.2. The summed E-state index contributed by atoms with van der Waals surface area (Å²) < 4.78 is 4.73. The van der Waals surface area contributed by atoms with Crippen LogP contribution in [0.15, 0.2) is 231 Å². The van der Waals surface area contributed by atoms with Gasteiger partial charge in [-0.25, -0.2) is 19.9 Å². The molecule has 8 nitrogen and oxygen atoms in total. The minimum absolute atomic E-state index is 0.681. The maximum atomic E-state index is 5.02. The first-order valence-electron chi connectivity index (χ1n) is 39.4. The van der Waals surface area contributed by atoms with Crippen LogP contribution in [0.1, 0.15) is 197 Å². The molecule has 104 heavy (non-hydrogen) atoms. The molecule has 16 rings (SSSR count). The van der Waals surface area contributed by atoms with Gasteiger partial charge < -0.3 is 18.9 Å². The summed E-state index contributed by atoms with van der Waals surface area (Å²) in [7, 11) is 4.21. The Bertz CT molecular complexity index is 4340. The Morgan fingerprint density at radius 3 is 0.846 bits per heavy atom. The summed E-state index contributed by atoms with van der Waals surface area (Å²) in [5.41, 5.74) is 22.3. The van der Waals surface area contributed by atoms with E-state index in [1.54, 1.807) is 0 Å². The van der Waals surface area contributed by atoms with Crippen LogP contribution < -0.4 is 9.80 Å². The average Bonchev–Trinajstić information content (AvgIpc) is 1.26. The fourth-order valence-electron chi connectivity index (χ4n) is 12.9. The zero-order chi connectivity index (χ0) is 77.3. The SMILES string of the molecule is CC.CC.CC.CC.CC.CC.CC.CC.CC.CC.CCn1c2ccccc2c2ccccc21.CCn1c2ccccc2c2ccccc21.Cc1ccccc1N(C)Cc1nc2c3c(cccc3n1)Cc1ccccc1-2.Cc1ccccc1N(C)Cc1nc2c3c(cccc3n1)Cc1ccccc1-2. The standard InChI is InChI=1S/2C24H21N3.2C14H13N.10C2H6/c2*1-16-8-3-6-13-21(16)27(2)15-22-25-20-12-7-10-18-14-17-9-4-5-11-19(17)24(26-22)23(18)20;2*1-2-15-13-9-5-3-7-11(13)12-8-4-6-10-14(12)15;10*1-2/h2*3-13H,14-15H2,1-2H3;2*3-10H,2H2,1H3;10*1-2H3. The fourth-order valence-corrected chi connectivity index (χ4v) is 12.9. The maximum absolute atomic E-state index is 5.02. The van der Waals surface area contributed by atoms with Gasteiger partial charge in [-0.15, -0.1) is 0 Å². The molecule has 2 aliphatic carbocycles. The Kier molecular flexibility index (Phi) is 40.8. The molecular formula is C96H128N8. The van der Waals surface area contributed by atoms with Gasteiger partial charge in [-0.2, -0.15) is 0 Å². The molecule has 0 radical (unpaired) electrons. The van der Waals surface area contributed by atoms with E-state index in [-0.39, 0.29) is 0 Å². The van der Waals surface area contributed by atoms with Gasteiger partial charge in [0.2, 0.25) is 0 Å². The Morgan fingerprint density at radius 2 is 0.548 bits per heavy atom. The van der Waals surface area contributed by atoms with E-state index in [0.717, 1.165) is 60.0 Å². The lowest BCUT2D eigenvalue weighted by molar-refractivity contribution is 0.827. The Labute approximate surface area is 629 Å². The van der Waals surface area contributed by atoms with Crippen LogP contribution in [0.25, 0.3) is 87.9 Å². The van der Waals surface area contributed by atoms with Gasteiger partial charge in [0.05, 0.1) is 35.5 Å². The van der Waals surface area contributed by atoms with E-state index in [1.165, 1.54) is 110 Å². The molecule has 0 spiro atoms. The highest BCUT2D eigenvalue weighted by molar-refractivity contribution is 6.09. The van der Waals surface area contributed by atoms with E-state index in [4.69, 9.17) is 19.9 Å². The second kappa shape index (κ2) is 48.1. The maximum Gasteiger partial charge on any atom is 0.148 e. The molecule has 0 fully saturated rings. The number of hydrogen-bond donors (Lipinski definition) is 0. The van der Waals surface area contributed by atoms with Crippen LogP contribution in [0.3, 0.4) is 0 Å². The summed E-state index contributed by atoms with van der Waals surface area (Å²) in [6, 6.07) is 81.3. The number of anilines is 2. The van der Waals surface area contributed by atoms with Crippen LogP contribution in [-0.4, -0.2) is 43.2 Å². The van der Waals surface area contributed by atoms with Gasteiger partial charge >= 0.3 is 0 Å². The smallest absolute Gasteiger partial charge is 0.148 e. The minimum Gasteiger partial charge on any atom is -0.367 e. The normalized spacial score (nSPS) is 10.1. The molecule has 2 aliphatic rings. The van der Waals surface area contributed by atoms with Crippen molar-refractivity contribution in [2.75, 3.05) is 23.9 Å². The van der Waals surface area contributed by atoms with Crippen molar-refractivity contribution < 1.29 is 0 Å². The van der Waals surface area contributed by atoms with Gasteiger partial charge in [0.1, 0.15) is 11.6 Å². The summed E-state index contributed by atoms with van der Waals surface area (Å²) in [5, 5.41) is 7.84. The third-order valence-corrected chi connectivity index (χ3v) is 16.8. The number of hydrogen-bond acceptors (Lipinski definition) is 6. The van der Waals surface area contributed by atoms with Crippen molar-refractivity contribution in [3.8, 4) is 22.5 Å². The number of para-hydroxylation sites is 6. The molecule has 0 aliphatic heterocycles. The predicted molar refractivity (Wildman–Crippen MR) is 466 cm³/mol. The van der Waals surface area contributed by atoms with Crippen LogP contribution in [0.5, 0.6) is 0 Å². The molecular weight excluding hydrogens is 1270 g/mol. The van der Waals surface area contributed by atoms with Gasteiger partial charge in [-0.05, 0) is 122 Å². The van der Waals surface area contributed by atoms with Crippen molar-refractivity contribution in [3.05, 3.63) is 276 Å². The third kappa shape index (κ3) is 21.1. The Hall–Kier alpha value is -9.92. The fraction of sp³-hybridized carbons (Fsp3) is 0.333. The highest BCUT2D eigenvalue weighted by Crippen LogP contribution is 2.40. The molecule has 0 amide bonds. The van der Waals surface area contributed by atoms with Gasteiger partial charge in [0.15, 0.2) is 0 Å². The number of rotatable bonds is 8. The quantitative estimate of drug-likeness (QED) is 0.151. The second-order valence-electron chi connectivity index (χ2n) is 22.1. The van der Waals surface area contributed by atoms with Gasteiger partial charge in [0.25, 0.3) is 0 Å². The number of benzene rings is 10. The second-order valence-corrected chi connectivity index (χ2v) is 22.1. The van der Waals surface area contributed by atoms with E-state index in [0.29, 0.717) is 13.1 Å². The number of nitrogens with zero attached hydrogens (tertiary/aromatic N) is 8. The molecule has 14 aromatic rings. The van der Waals surface area contributed by atoms with Crippen molar-refractivity contribution in [2.24, 2.45) is 0 Å². The van der Waals surface area contributed by atoms with Crippen LogP contribution in [0, 0.1) is 13.8 Å². The number of aromatic nitrogens is 6. The van der Waals surface area contributed by atoms with Crippen LogP contribution in [0.4, 0.5) is 11.4 Å². The molecule has 4 aromatic heterocycles. The minimum atomic E-state index is 0.681. The topological polar surface area (TPSA) is 67.9 Å². The molecule has 4 heterocycles. The summed E-state index contributed by atoms with van der Waals surface area (Å²) in [4.78, 5) is 24.3. The van der Waals surface area contributed by atoms with Crippen molar-refractivity contribution >= 4 is 76.8 Å². The highest BCUT2D eigenvalue weighted by atomic mass is 15.1. The van der Waals surface area contributed by atoms with Crippen LogP contribution in [0.2, 0.25) is 0 Å². The molecule has 0 saturated heterocycles. The lowest BCUT2D eigenvalue weighted by Gasteiger charge is -2.23. The lowest BCUT2D eigenvalue weighted by atomic mass is 9.88. The first-order valence-corrected chi connectivity index (χ1v) is 39.4. The summed E-state index contributed by atoms with van der Waals surface area (Å²) in [6.45, 7) is 52.1. The first kappa shape index (κ1) is 88.3. The summed E-state index contributed by atoms with van der Waals surface area (Å²) in [6.07, 6.45) is 1.90. The van der Waals surface area contributed by atoms with E-state index < -0.39 is 0 Å². The van der Waals surface area contributed by atoms with Crippen LogP contribution >= 0.6 is 0 Å². The van der Waals surface area contributed by atoms with E-state index in [9.17, 15) is 0 Å². The predicted octanol–water partition coefficient (Wildman–Crippen LogP) is 28.2. The molecule has 0 bridgehead atoms. The average molecular weight is 1390 g/mol. The van der Waals surface area contributed by atoms with Crippen molar-refractivity contribution in [3.63, 3.8) is 0 Å². The Balaban J connectivity index is 0.000000341. The monoisotopic (exact) mass is 1390 g/mol. The largest absolute Gasteiger partial charge is 0.367 e. The van der Waals surface area contributed by atoms with Gasteiger partial charge in [-0.1, -0.05) is 320 Å². The van der Waals surface area contributed by atoms with Crippen LogP contribution in [-0.2, 0) is 39.0 Å². The van der Waals surface area contributed by atoms with Crippen molar-refractivity contribution in [1.82, 2.24) is 29.1 Å². The molecule has 8 heteroatoms. The molecule has 0 saturated carbocycles. The molecule has 0 atom stereocenters. The molecule has 10 aromatic carbocycles. The highest BCUT2D eigenvalue weighted by Gasteiger charge is 2.23. The zero-order valence-corrected chi connectivity index (χ0v) is 68.8. The molecule has 0 unspecified atom stereocenters. The van der Waals surface area contributed by atoms with Gasteiger partial charge in [0, 0.05) is 104 Å². The third-order valence-electron chi connectivity index (χ3n) is 16.8. The van der Waals surface area contributed by atoms with E-state index in [1.807, 2.05) is 138 Å². The Morgan fingerprint density at radius 1 is 0.288 bits per heavy atom. The number of aryl methyl sites for hydroxylation is 4. The summed E-state index contributed by atoms with van der Waals surface area (Å²) >= 11 is 0. The van der Waals surface area contributed by atoms with Crippen molar-refractivity contribution in [2.45, 2.75) is 205 Å². The lowest BCUT2D eigenvalue weighted by Crippen LogP contribution is -2.20. The molecule has 0 N–H and O–H groups in total. The van der Waals surface area contributed by atoms with E-state index >= 15 is 0 Å². The van der Waals surface area contributed by atoms with Gasteiger partial charge in [-0.3, -0.25) is 0 Å². The zero-order valence-electron chi connectivity index (χ0n) is 68.8. The molecule has 552 valence electrons. The van der Waals surface area contributed by atoms with E-state index in [2.05, 4.69) is 291 Å². The van der Waals surface area contributed by atoms with Crippen molar-refractivity contribution in [1.29, 1.82) is 0 Å². The summed E-state index contributed by atoms with van der Waals surface area (Å²) in [5.74, 6) is 1.72.